The van der Waals surface area contributed by atoms with Gasteiger partial charge in [-0.2, -0.15) is 0 Å². The van der Waals surface area contributed by atoms with Crippen LogP contribution in [0, 0.1) is 57.2 Å². The molecule has 0 amide bonds. The molecule has 5 rings (SSSR count). The van der Waals surface area contributed by atoms with E-state index in [2.05, 4.69) is 40.7 Å². The van der Waals surface area contributed by atoms with E-state index in [0.29, 0.717) is 24.7 Å². The van der Waals surface area contributed by atoms with E-state index in [1.165, 1.54) is 5.57 Å². The molecule has 0 spiro atoms. The van der Waals surface area contributed by atoms with Crippen molar-refractivity contribution in [2.24, 2.45) is 57.2 Å². The average Bonchev–Trinajstić information content (AvgIpc) is 2.74. The molecule has 0 saturated heterocycles. The van der Waals surface area contributed by atoms with E-state index in [4.69, 9.17) is 0 Å². The van der Waals surface area contributed by atoms with E-state index in [9.17, 15) is 25.2 Å². The Bertz CT molecular complexity index is 937. The first-order chi connectivity index (χ1) is 16.0. The quantitative estimate of drug-likeness (QED) is 0.388. The highest BCUT2D eigenvalue weighted by molar-refractivity contribution is 5.71. The molecule has 5 heteroatoms. The molecule has 3 unspecified atom stereocenters. The number of allylic oxidation sites excluding steroid dienone is 1. The molecule has 4 fully saturated rings. The van der Waals surface area contributed by atoms with Gasteiger partial charge in [0.05, 0.1) is 23.7 Å². The van der Waals surface area contributed by atoms with Crippen molar-refractivity contribution in [1.82, 2.24) is 0 Å². The predicted octanol–water partition coefficient (Wildman–Crippen LogP) is 5.03. The van der Waals surface area contributed by atoms with Crippen molar-refractivity contribution in [3.8, 4) is 0 Å². The molecule has 0 aromatic carbocycles. The molecular weight excluding hydrogens is 440 g/mol. The summed E-state index contributed by atoms with van der Waals surface area (Å²) in [6, 6.07) is 0. The number of fused-ring (bicyclic) bond motifs is 7. The lowest BCUT2D eigenvalue weighted by atomic mass is 9.34. The van der Waals surface area contributed by atoms with Gasteiger partial charge in [0.25, 0.3) is 0 Å². The summed E-state index contributed by atoms with van der Waals surface area (Å²) >= 11 is 0. The van der Waals surface area contributed by atoms with E-state index >= 15 is 0 Å². The van der Waals surface area contributed by atoms with Gasteiger partial charge in [0.15, 0.2) is 0 Å². The second-order valence-corrected chi connectivity index (χ2v) is 14.8. The molecule has 0 bridgehead atoms. The maximum Gasteiger partial charge on any atom is 0.306 e. The van der Waals surface area contributed by atoms with Crippen LogP contribution in [0.2, 0.25) is 0 Å². The fourth-order valence-electron chi connectivity index (χ4n) is 11.0. The topological polar surface area (TPSA) is 98.0 Å². The van der Waals surface area contributed by atoms with Gasteiger partial charge in [-0.15, -0.1) is 0 Å². The molecule has 4 saturated carbocycles. The lowest BCUT2D eigenvalue weighted by molar-refractivity contribution is -0.233. The Morgan fingerprint density at radius 1 is 1.00 bits per heavy atom. The number of carbonyl (C=O) groups is 1. The van der Waals surface area contributed by atoms with E-state index in [-0.39, 0.29) is 39.4 Å². The third-order valence-corrected chi connectivity index (χ3v) is 13.3. The number of aliphatic hydroxyl groups is 3. The lowest BCUT2D eigenvalue weighted by Crippen LogP contribution is -2.67. The summed E-state index contributed by atoms with van der Waals surface area (Å²) in [6.07, 6.45) is 6.95. The van der Waals surface area contributed by atoms with Gasteiger partial charge in [0.1, 0.15) is 0 Å². The summed E-state index contributed by atoms with van der Waals surface area (Å²) in [5.41, 5.74) is -0.132. The molecule has 35 heavy (non-hydrogen) atoms. The van der Waals surface area contributed by atoms with E-state index in [0.717, 1.165) is 32.1 Å². The smallest absolute Gasteiger partial charge is 0.306 e. The minimum atomic E-state index is -0.915. The third kappa shape index (κ3) is 3.07. The Morgan fingerprint density at radius 2 is 1.66 bits per heavy atom. The van der Waals surface area contributed by atoms with Gasteiger partial charge >= 0.3 is 5.97 Å². The van der Waals surface area contributed by atoms with Crippen LogP contribution >= 0.6 is 0 Å². The minimum Gasteiger partial charge on any atom is -0.481 e. The second-order valence-electron chi connectivity index (χ2n) is 14.8. The summed E-state index contributed by atoms with van der Waals surface area (Å²) in [4.78, 5) is 12.3. The first-order valence-electron chi connectivity index (χ1n) is 14.1. The molecule has 0 radical (unpaired) electrons. The predicted molar refractivity (Wildman–Crippen MR) is 135 cm³/mol. The standard InChI is InChI=1S/C30H48O5/c1-16-14-18(25(33)34)17-10-12-28(5)19(23(17)30(16,7)35)8-9-22-27(4)15-20(31)24(32)26(2,3)21(27)11-13-29(22,28)6/h8,16-18,20-24,31-32,35H,9-15H2,1-7H3,(H,33,34)/t16-,17?,18-,20-,21?,22?,23-,24-,27+,28-,29-,30-/m1/s1. The summed E-state index contributed by atoms with van der Waals surface area (Å²) < 4.78 is 0. The first kappa shape index (κ1) is 25.7. The molecule has 5 aliphatic carbocycles. The fraction of sp³-hybridized carbons (Fsp3) is 0.900. The van der Waals surface area contributed by atoms with E-state index < -0.39 is 29.7 Å². The van der Waals surface area contributed by atoms with Gasteiger partial charge in [-0.05, 0) is 97.2 Å². The van der Waals surface area contributed by atoms with E-state index in [1.807, 2.05) is 13.8 Å². The Balaban J connectivity index is 1.61. The van der Waals surface area contributed by atoms with Crippen molar-refractivity contribution in [3.63, 3.8) is 0 Å². The summed E-state index contributed by atoms with van der Waals surface area (Å²) in [6.45, 7) is 15.5. The van der Waals surface area contributed by atoms with Crippen LogP contribution < -0.4 is 0 Å². The van der Waals surface area contributed by atoms with Crippen molar-refractivity contribution >= 4 is 5.97 Å². The number of hydrogen-bond acceptors (Lipinski definition) is 4. The highest BCUT2D eigenvalue weighted by Crippen LogP contribution is 2.74. The molecule has 5 aliphatic rings. The van der Waals surface area contributed by atoms with E-state index in [1.54, 1.807) is 0 Å². The molecule has 0 aromatic rings. The number of carboxylic acids is 1. The highest BCUT2D eigenvalue weighted by Gasteiger charge is 2.69. The Labute approximate surface area is 211 Å². The van der Waals surface area contributed by atoms with Crippen LogP contribution in [0.5, 0.6) is 0 Å². The Hall–Kier alpha value is -0.910. The zero-order valence-electron chi connectivity index (χ0n) is 22.8. The van der Waals surface area contributed by atoms with Gasteiger partial charge in [-0.25, -0.2) is 0 Å². The first-order valence-corrected chi connectivity index (χ1v) is 14.1. The van der Waals surface area contributed by atoms with Gasteiger partial charge in [0.2, 0.25) is 0 Å². The largest absolute Gasteiger partial charge is 0.481 e. The minimum absolute atomic E-state index is 0.000874. The Kier molecular flexibility index (Phi) is 5.56. The van der Waals surface area contributed by atoms with Gasteiger partial charge in [0, 0.05) is 5.92 Å². The molecule has 0 aliphatic heterocycles. The Morgan fingerprint density at radius 3 is 2.29 bits per heavy atom. The van der Waals surface area contributed by atoms with Crippen molar-refractivity contribution in [2.45, 2.75) is 111 Å². The van der Waals surface area contributed by atoms with Crippen molar-refractivity contribution in [1.29, 1.82) is 0 Å². The van der Waals surface area contributed by atoms with Crippen LogP contribution in [0.3, 0.4) is 0 Å². The third-order valence-electron chi connectivity index (χ3n) is 13.3. The monoisotopic (exact) mass is 488 g/mol. The summed E-state index contributed by atoms with van der Waals surface area (Å²) in [5, 5.41) is 43.8. The van der Waals surface area contributed by atoms with Crippen LogP contribution in [0.4, 0.5) is 0 Å². The number of hydrogen-bond donors (Lipinski definition) is 4. The second kappa shape index (κ2) is 7.57. The molecule has 5 nitrogen and oxygen atoms in total. The molecule has 0 aromatic heterocycles. The number of rotatable bonds is 1. The fourth-order valence-corrected chi connectivity index (χ4v) is 11.0. The number of carboxylic acid groups (broad SMARTS) is 1. The molecule has 0 heterocycles. The van der Waals surface area contributed by atoms with Crippen LogP contribution in [0.1, 0.15) is 93.4 Å². The van der Waals surface area contributed by atoms with Gasteiger partial charge in [-0.3, -0.25) is 4.79 Å². The zero-order valence-corrected chi connectivity index (χ0v) is 22.8. The lowest BCUT2D eigenvalue weighted by Gasteiger charge is -2.71. The van der Waals surface area contributed by atoms with Crippen LogP contribution in [0.15, 0.2) is 11.6 Å². The highest BCUT2D eigenvalue weighted by atomic mass is 16.4. The van der Waals surface area contributed by atoms with Crippen molar-refractivity contribution in [2.75, 3.05) is 0 Å². The van der Waals surface area contributed by atoms with Crippen LogP contribution in [-0.4, -0.2) is 44.2 Å². The number of aliphatic carboxylic acids is 1. The summed E-state index contributed by atoms with van der Waals surface area (Å²) in [7, 11) is 0. The maximum atomic E-state index is 12.3. The number of aliphatic hydroxyl groups excluding tert-OH is 2. The molecule has 4 N–H and O–H groups in total. The maximum absolute atomic E-state index is 12.3. The van der Waals surface area contributed by atoms with Crippen LogP contribution in [-0.2, 0) is 4.79 Å². The zero-order chi connectivity index (χ0) is 25.9. The van der Waals surface area contributed by atoms with Crippen molar-refractivity contribution in [3.05, 3.63) is 11.6 Å². The molecule has 198 valence electrons. The van der Waals surface area contributed by atoms with Gasteiger partial charge < -0.3 is 20.4 Å². The molecular formula is C30H48O5. The van der Waals surface area contributed by atoms with Crippen LogP contribution in [0.25, 0.3) is 0 Å². The molecule has 12 atom stereocenters. The van der Waals surface area contributed by atoms with Gasteiger partial charge in [-0.1, -0.05) is 53.2 Å². The summed E-state index contributed by atoms with van der Waals surface area (Å²) in [5.74, 6) is -0.591. The average molecular weight is 489 g/mol. The normalized spacial score (nSPS) is 57.1. The SMILES string of the molecule is C[C@@H]1C[C@@H](C(=O)O)C2CC[C@]3(C)C(=CCC4[C@@]5(C)C[C@@H](O)[C@@H](O)C(C)(C)C5CC[C@]43C)[C@@H]2[C@]1(C)O. The van der Waals surface area contributed by atoms with Crippen molar-refractivity contribution < 1.29 is 25.2 Å².